The molecule has 148 valence electrons. The van der Waals surface area contributed by atoms with Gasteiger partial charge in [-0.15, -0.1) is 0 Å². The van der Waals surface area contributed by atoms with Gasteiger partial charge in [-0.2, -0.15) is 0 Å². The van der Waals surface area contributed by atoms with E-state index >= 15 is 0 Å². The molecule has 0 aromatic rings. The van der Waals surface area contributed by atoms with Crippen molar-refractivity contribution >= 4 is 0 Å². The highest BCUT2D eigenvalue weighted by atomic mass is 15.1. The third-order valence-corrected chi connectivity index (χ3v) is 5.66. The lowest BCUT2D eigenvalue weighted by molar-refractivity contribution is 0.272. The summed E-state index contributed by atoms with van der Waals surface area (Å²) in [5, 5.41) is 18.7. The Balaban J connectivity index is 1.93. The van der Waals surface area contributed by atoms with E-state index in [4.69, 9.17) is 5.73 Å². The van der Waals surface area contributed by atoms with Gasteiger partial charge in [-0.1, -0.05) is 12.8 Å². The van der Waals surface area contributed by atoms with Crippen LogP contribution >= 0.6 is 0 Å². The molecule has 5 atom stereocenters. The molecule has 2 rings (SSSR count). The van der Waals surface area contributed by atoms with Gasteiger partial charge in [-0.25, -0.2) is 0 Å². The molecule has 0 amide bonds. The summed E-state index contributed by atoms with van der Waals surface area (Å²) in [7, 11) is 0. The first-order chi connectivity index (χ1) is 12.2. The van der Waals surface area contributed by atoms with Crippen molar-refractivity contribution in [1.29, 1.82) is 0 Å². The maximum Gasteiger partial charge on any atom is 0.0221 e. The van der Waals surface area contributed by atoms with Gasteiger partial charge in [-0.05, 0) is 46.1 Å². The van der Waals surface area contributed by atoms with Crippen LogP contribution in [0.15, 0.2) is 0 Å². The minimum atomic E-state index is 0.482. The molecule has 0 aromatic carbocycles. The number of hydrogen-bond acceptors (Lipinski definition) is 6. The molecule has 1 heterocycles. The molecule has 0 radical (unpaired) electrons. The molecule has 2 fully saturated rings. The number of rotatable bonds is 3. The van der Waals surface area contributed by atoms with E-state index in [1.807, 2.05) is 0 Å². The fourth-order valence-corrected chi connectivity index (χ4v) is 4.00. The first kappa shape index (κ1) is 21.1. The summed E-state index contributed by atoms with van der Waals surface area (Å²) in [6.45, 7) is 10.5. The van der Waals surface area contributed by atoms with Gasteiger partial charge < -0.3 is 32.3 Å². The van der Waals surface area contributed by atoms with Gasteiger partial charge in [-0.3, -0.25) is 0 Å². The van der Waals surface area contributed by atoms with Crippen molar-refractivity contribution in [2.24, 2.45) is 5.73 Å². The van der Waals surface area contributed by atoms with Crippen LogP contribution in [0.4, 0.5) is 0 Å². The van der Waals surface area contributed by atoms with Crippen LogP contribution in [0.3, 0.4) is 0 Å². The van der Waals surface area contributed by atoms with Gasteiger partial charge in [0.05, 0.1) is 0 Å². The molecule has 5 unspecified atom stereocenters. The second kappa shape index (κ2) is 12.2. The number of fused-ring (bicyclic) bond motifs is 1. The van der Waals surface area contributed by atoms with E-state index < -0.39 is 0 Å². The zero-order valence-electron chi connectivity index (χ0n) is 16.4. The van der Waals surface area contributed by atoms with Crippen molar-refractivity contribution in [2.75, 3.05) is 39.3 Å². The molecule has 1 aliphatic heterocycles. The Morgan fingerprint density at radius 3 is 2.16 bits per heavy atom. The van der Waals surface area contributed by atoms with Gasteiger partial charge in [0.2, 0.25) is 0 Å². The topological polar surface area (TPSA) is 86.2 Å². The summed E-state index contributed by atoms with van der Waals surface area (Å²) in [6.07, 6.45) is 7.55. The SMILES string of the molecule is CC1CNC(C)CNC(CCCN)CNC2CCCCC2NCCN1. The average Bonchev–Trinajstić information content (AvgIpc) is 2.63. The molecule has 0 spiro atoms. The van der Waals surface area contributed by atoms with Crippen molar-refractivity contribution in [3.63, 3.8) is 0 Å². The van der Waals surface area contributed by atoms with E-state index in [1.54, 1.807) is 0 Å². The Labute approximate surface area is 154 Å². The molecule has 1 aliphatic carbocycles. The Hall–Kier alpha value is -0.240. The third-order valence-electron chi connectivity index (χ3n) is 5.66. The van der Waals surface area contributed by atoms with Crippen LogP contribution in [-0.2, 0) is 0 Å². The highest BCUT2D eigenvalue weighted by Gasteiger charge is 2.25. The normalized spacial score (nSPS) is 36.8. The summed E-state index contributed by atoms with van der Waals surface area (Å²) in [5.41, 5.74) is 5.74. The first-order valence-electron chi connectivity index (χ1n) is 10.6. The fraction of sp³-hybridized carbons (Fsp3) is 1.00. The average molecular weight is 355 g/mol. The maximum atomic E-state index is 5.74. The molecule has 7 N–H and O–H groups in total. The number of nitrogens with two attached hydrogens (primary N) is 1. The largest absolute Gasteiger partial charge is 0.330 e. The predicted octanol–water partition coefficient (Wildman–Crippen LogP) is 0.144. The van der Waals surface area contributed by atoms with Crippen molar-refractivity contribution in [1.82, 2.24) is 26.6 Å². The van der Waals surface area contributed by atoms with E-state index in [1.165, 1.54) is 25.7 Å². The monoisotopic (exact) mass is 354 g/mol. The predicted molar refractivity (Wildman–Crippen MR) is 107 cm³/mol. The van der Waals surface area contributed by atoms with Crippen LogP contribution in [0.5, 0.6) is 0 Å². The molecule has 0 aromatic heterocycles. The zero-order valence-corrected chi connectivity index (χ0v) is 16.4. The van der Waals surface area contributed by atoms with Gasteiger partial charge in [0.25, 0.3) is 0 Å². The quantitative estimate of drug-likeness (QED) is 0.433. The molecule has 1 saturated heterocycles. The van der Waals surface area contributed by atoms with Crippen LogP contribution in [0, 0.1) is 0 Å². The van der Waals surface area contributed by atoms with Crippen molar-refractivity contribution < 1.29 is 0 Å². The van der Waals surface area contributed by atoms with Crippen molar-refractivity contribution in [3.05, 3.63) is 0 Å². The number of hydrogen-bond donors (Lipinski definition) is 6. The Morgan fingerprint density at radius 2 is 1.40 bits per heavy atom. The maximum absolute atomic E-state index is 5.74. The lowest BCUT2D eigenvalue weighted by Gasteiger charge is -2.34. The second-order valence-electron chi connectivity index (χ2n) is 8.06. The molecule has 6 heteroatoms. The summed E-state index contributed by atoms with van der Waals surface area (Å²) >= 11 is 0. The standard InChI is InChI=1S/C19H42N6/c1-15-12-23-16(2)13-24-17(6-5-9-20)14-25-19-8-4-3-7-18(19)22-11-10-21-15/h15-19,21-25H,3-14,20H2,1-2H3. The van der Waals surface area contributed by atoms with E-state index in [0.717, 1.165) is 52.1 Å². The molecule has 25 heavy (non-hydrogen) atoms. The van der Waals surface area contributed by atoms with Crippen LogP contribution in [0.25, 0.3) is 0 Å². The van der Waals surface area contributed by atoms with Gasteiger partial charge >= 0.3 is 0 Å². The zero-order chi connectivity index (χ0) is 17.9. The minimum absolute atomic E-state index is 0.482. The van der Waals surface area contributed by atoms with E-state index in [-0.39, 0.29) is 0 Å². The lowest BCUT2D eigenvalue weighted by Crippen LogP contribution is -2.54. The smallest absolute Gasteiger partial charge is 0.0221 e. The second-order valence-corrected chi connectivity index (χ2v) is 8.06. The molecule has 0 bridgehead atoms. The third kappa shape index (κ3) is 8.33. The van der Waals surface area contributed by atoms with Crippen LogP contribution in [0.1, 0.15) is 52.4 Å². The van der Waals surface area contributed by atoms with Gasteiger partial charge in [0.15, 0.2) is 0 Å². The molecular weight excluding hydrogens is 312 g/mol. The van der Waals surface area contributed by atoms with E-state index in [0.29, 0.717) is 30.2 Å². The highest BCUT2D eigenvalue weighted by Crippen LogP contribution is 2.18. The van der Waals surface area contributed by atoms with Gasteiger partial charge in [0, 0.05) is 62.9 Å². The summed E-state index contributed by atoms with van der Waals surface area (Å²) in [5.74, 6) is 0. The van der Waals surface area contributed by atoms with Crippen LogP contribution in [0.2, 0.25) is 0 Å². The van der Waals surface area contributed by atoms with Gasteiger partial charge in [0.1, 0.15) is 0 Å². The summed E-state index contributed by atoms with van der Waals surface area (Å²) in [4.78, 5) is 0. The first-order valence-corrected chi connectivity index (χ1v) is 10.6. The number of nitrogens with one attached hydrogen (secondary N) is 5. The molecule has 1 saturated carbocycles. The van der Waals surface area contributed by atoms with E-state index in [2.05, 4.69) is 40.4 Å². The molecule has 6 nitrogen and oxygen atoms in total. The van der Waals surface area contributed by atoms with Crippen molar-refractivity contribution in [2.45, 2.75) is 82.6 Å². The summed E-state index contributed by atoms with van der Waals surface area (Å²) < 4.78 is 0. The van der Waals surface area contributed by atoms with E-state index in [9.17, 15) is 0 Å². The highest BCUT2D eigenvalue weighted by molar-refractivity contribution is 4.88. The fourth-order valence-electron chi connectivity index (χ4n) is 4.00. The summed E-state index contributed by atoms with van der Waals surface area (Å²) in [6, 6.07) is 2.71. The Kier molecular flexibility index (Phi) is 10.3. The lowest BCUT2D eigenvalue weighted by atomic mass is 9.90. The molecular formula is C19H42N6. The van der Waals surface area contributed by atoms with Crippen LogP contribution < -0.4 is 32.3 Å². The minimum Gasteiger partial charge on any atom is -0.330 e. The molecule has 2 aliphatic rings. The van der Waals surface area contributed by atoms with Crippen LogP contribution in [-0.4, -0.2) is 69.5 Å². The Morgan fingerprint density at radius 1 is 0.760 bits per heavy atom. The Bertz CT molecular complexity index is 340. The van der Waals surface area contributed by atoms with Crippen molar-refractivity contribution in [3.8, 4) is 0 Å².